The van der Waals surface area contributed by atoms with Crippen LogP contribution in [0.1, 0.15) is 80.6 Å². The van der Waals surface area contributed by atoms with Crippen molar-refractivity contribution in [2.75, 3.05) is 13.2 Å². The zero-order valence-electron chi connectivity index (χ0n) is 40.5. The van der Waals surface area contributed by atoms with Crippen molar-refractivity contribution in [1.29, 1.82) is 0 Å². The Morgan fingerprint density at radius 1 is 0.338 bits per heavy atom. The summed E-state index contributed by atoms with van der Waals surface area (Å²) >= 11 is 0. The third-order valence-corrected chi connectivity index (χ3v) is 18.8. The molecule has 8 aliphatic rings. The largest absolute Gasteiger partial charge is 0.377 e. The number of rotatable bonds is 12. The van der Waals surface area contributed by atoms with Gasteiger partial charge >= 0.3 is 0 Å². The van der Waals surface area contributed by atoms with Gasteiger partial charge in [-0.25, -0.2) is 0 Å². The van der Waals surface area contributed by atoms with Crippen molar-refractivity contribution in [1.82, 2.24) is 0 Å². The first-order chi connectivity index (χ1) is 33.4. The maximum atomic E-state index is 6.09. The molecule has 0 aliphatic heterocycles. The molecule has 0 heterocycles. The summed E-state index contributed by atoms with van der Waals surface area (Å²) in [4.78, 5) is 0. The fraction of sp³-hybridized carbons (Fsp3) is 0.250. The molecule has 8 aromatic carbocycles. The first kappa shape index (κ1) is 47.6. The summed E-state index contributed by atoms with van der Waals surface area (Å²) in [7, 11) is -1.37. The van der Waals surface area contributed by atoms with Crippen molar-refractivity contribution in [3.05, 3.63) is 249 Å². The molecule has 0 saturated carbocycles. The monoisotopic (exact) mass is 928 g/mol. The van der Waals surface area contributed by atoms with Crippen molar-refractivity contribution < 1.29 is 9.47 Å². The molecule has 16 rings (SSSR count). The van der Waals surface area contributed by atoms with Gasteiger partial charge in [-0.2, -0.15) is 0 Å². The quantitative estimate of drug-likeness (QED) is 0.114. The van der Waals surface area contributed by atoms with E-state index >= 15 is 0 Å². The molecule has 68 heavy (non-hydrogen) atoms. The van der Waals surface area contributed by atoms with E-state index < -0.39 is 15.8 Å². The van der Waals surface area contributed by atoms with Crippen LogP contribution in [0, 0.1) is 13.8 Å². The van der Waals surface area contributed by atoms with Crippen LogP contribution in [0.5, 0.6) is 0 Å². The maximum Gasteiger partial charge on any atom is 0.0719 e. The third-order valence-electron chi connectivity index (χ3n) is 13.8. The molecule has 0 spiro atoms. The SMILES string of the molecule is CCOCc1cc2c(C)cc1CCc1ccc(cc1C)CC2.CCOCc1cc2c(P(c3ccccc3)c3ccccc3)cc1CCc1ccc(cc1P(c1ccccc1)c1ccccc1)CC2. The van der Waals surface area contributed by atoms with Crippen LogP contribution in [0.4, 0.5) is 0 Å². The van der Waals surface area contributed by atoms with E-state index in [9.17, 15) is 0 Å². The lowest BCUT2D eigenvalue weighted by molar-refractivity contribution is 0.133. The first-order valence-electron chi connectivity index (χ1n) is 24.9. The average molecular weight is 929 g/mol. The minimum atomic E-state index is -0.696. The second kappa shape index (κ2) is 23.2. The van der Waals surface area contributed by atoms with E-state index in [1.165, 1.54) is 98.6 Å². The summed E-state index contributed by atoms with van der Waals surface area (Å²) in [6.45, 7) is 11.6. The standard InChI is InChI=1S/C43H40OP2.C21H26O/c1-2-44-32-37-30-36-26-24-33-23-25-34(42(29-33)45(38-15-7-3-8-16-38)39-17-9-4-10-18-39)27-28-35(37)31-43(36)46(40-19-11-5-12-20-40)41-21-13-6-14-22-41;1-4-22-14-21-13-19-8-6-17-5-7-18(15(2)11-17)9-10-20(21)12-16(19)3/h3-23,25,29-31H,2,24,26-28,32H2,1H3;5,7,11-13H,4,6,8-10,14H2,1-3H3. The molecule has 0 saturated heterocycles. The normalized spacial score (nSPS) is 13.1. The Labute approximate surface area is 409 Å². The number of ether oxygens (including phenoxy) is 2. The predicted molar refractivity (Wildman–Crippen MR) is 293 cm³/mol. The third kappa shape index (κ3) is 11.5. The first-order valence-corrected chi connectivity index (χ1v) is 27.6. The van der Waals surface area contributed by atoms with Crippen molar-refractivity contribution >= 4 is 47.7 Å². The Bertz CT molecular complexity index is 2820. The number of hydrogen-bond acceptors (Lipinski definition) is 2. The highest BCUT2D eigenvalue weighted by atomic mass is 31.1. The molecule has 0 aromatic heterocycles. The van der Waals surface area contributed by atoms with Gasteiger partial charge in [0, 0.05) is 13.2 Å². The molecule has 344 valence electrons. The lowest BCUT2D eigenvalue weighted by Gasteiger charge is -2.27. The van der Waals surface area contributed by atoms with Crippen LogP contribution < -0.4 is 31.8 Å². The van der Waals surface area contributed by atoms with Crippen molar-refractivity contribution in [3.63, 3.8) is 0 Å². The molecule has 0 amide bonds. The van der Waals surface area contributed by atoms with Crippen molar-refractivity contribution in [2.24, 2.45) is 0 Å². The fourth-order valence-electron chi connectivity index (χ4n) is 10.1. The molecular weight excluding hydrogens is 863 g/mol. The van der Waals surface area contributed by atoms with Gasteiger partial charge in [-0.3, -0.25) is 0 Å². The van der Waals surface area contributed by atoms with E-state index in [1.807, 2.05) is 0 Å². The van der Waals surface area contributed by atoms with E-state index in [-0.39, 0.29) is 0 Å². The molecule has 8 aromatic rings. The van der Waals surface area contributed by atoms with Gasteiger partial charge in [-0.1, -0.05) is 176 Å². The predicted octanol–water partition coefficient (Wildman–Crippen LogP) is 12.3. The van der Waals surface area contributed by atoms with Gasteiger partial charge in [-0.05, 0) is 200 Å². The Morgan fingerprint density at radius 2 is 0.721 bits per heavy atom. The highest BCUT2D eigenvalue weighted by molar-refractivity contribution is 7.80. The van der Waals surface area contributed by atoms with Crippen LogP contribution in [-0.4, -0.2) is 13.2 Å². The Morgan fingerprint density at radius 3 is 1.22 bits per heavy atom. The molecule has 8 aliphatic carbocycles. The zero-order chi connectivity index (χ0) is 46.7. The fourth-order valence-corrected chi connectivity index (χ4v) is 15.2. The summed E-state index contributed by atoms with van der Waals surface area (Å²) in [5, 5.41) is 8.63. The van der Waals surface area contributed by atoms with E-state index in [4.69, 9.17) is 9.47 Å². The van der Waals surface area contributed by atoms with E-state index in [0.29, 0.717) is 6.61 Å². The van der Waals surface area contributed by atoms with Crippen LogP contribution in [0.15, 0.2) is 182 Å². The summed E-state index contributed by atoms with van der Waals surface area (Å²) in [5.74, 6) is 0. The molecule has 2 nitrogen and oxygen atoms in total. The zero-order valence-corrected chi connectivity index (χ0v) is 42.3. The lowest BCUT2D eigenvalue weighted by Crippen LogP contribution is -2.26. The highest BCUT2D eigenvalue weighted by Gasteiger charge is 2.25. The minimum absolute atomic E-state index is 0.666. The topological polar surface area (TPSA) is 18.5 Å². The summed E-state index contributed by atoms with van der Waals surface area (Å²) < 4.78 is 11.8. The molecule has 4 heteroatoms. The summed E-state index contributed by atoms with van der Waals surface area (Å²) in [5.41, 5.74) is 17.2. The maximum absolute atomic E-state index is 6.09. The molecular formula is C64H66O2P2. The molecule has 0 atom stereocenters. The Balaban J connectivity index is 0.000000219. The van der Waals surface area contributed by atoms with Gasteiger partial charge < -0.3 is 9.47 Å². The highest BCUT2D eigenvalue weighted by Crippen LogP contribution is 2.38. The van der Waals surface area contributed by atoms with Crippen LogP contribution in [-0.2, 0) is 74.1 Å². The van der Waals surface area contributed by atoms with Crippen molar-refractivity contribution in [3.8, 4) is 0 Å². The number of benzene rings is 8. The lowest BCUT2D eigenvalue weighted by atomic mass is 9.89. The molecule has 0 unspecified atom stereocenters. The smallest absolute Gasteiger partial charge is 0.0719 e. The van der Waals surface area contributed by atoms with Gasteiger partial charge in [0.25, 0.3) is 0 Å². The van der Waals surface area contributed by atoms with Gasteiger partial charge in [0.1, 0.15) is 0 Å². The van der Waals surface area contributed by atoms with Crippen LogP contribution in [0.2, 0.25) is 0 Å². The Kier molecular flexibility index (Phi) is 16.3. The van der Waals surface area contributed by atoms with E-state index in [0.717, 1.165) is 71.2 Å². The summed E-state index contributed by atoms with van der Waals surface area (Å²) in [6, 6.07) is 68.8. The van der Waals surface area contributed by atoms with E-state index in [2.05, 4.69) is 210 Å². The van der Waals surface area contributed by atoms with Gasteiger partial charge in [-0.15, -0.1) is 0 Å². The average Bonchev–Trinajstić information content (AvgIpc) is 3.37. The molecule has 8 bridgehead atoms. The van der Waals surface area contributed by atoms with Gasteiger partial charge in [0.15, 0.2) is 0 Å². The molecule has 0 radical (unpaired) electrons. The minimum Gasteiger partial charge on any atom is -0.377 e. The van der Waals surface area contributed by atoms with Crippen molar-refractivity contribution in [2.45, 2.75) is 92.3 Å². The summed E-state index contributed by atoms with van der Waals surface area (Å²) in [6.07, 6.45) is 8.45. The van der Waals surface area contributed by atoms with Crippen LogP contribution >= 0.6 is 15.8 Å². The number of hydrogen-bond donors (Lipinski definition) is 0. The van der Waals surface area contributed by atoms with E-state index in [1.54, 1.807) is 0 Å². The molecule has 0 fully saturated rings. The van der Waals surface area contributed by atoms with Gasteiger partial charge in [0.2, 0.25) is 0 Å². The Hall–Kier alpha value is -5.46. The second-order valence-electron chi connectivity index (χ2n) is 18.3. The molecule has 0 N–H and O–H groups in total. The van der Waals surface area contributed by atoms with Crippen LogP contribution in [0.25, 0.3) is 0 Å². The second-order valence-corrected chi connectivity index (χ2v) is 22.7. The van der Waals surface area contributed by atoms with Crippen LogP contribution in [0.3, 0.4) is 0 Å². The van der Waals surface area contributed by atoms with Gasteiger partial charge in [0.05, 0.1) is 13.2 Å². The number of aryl methyl sites for hydroxylation is 10.